The molecule has 0 saturated carbocycles. The number of aromatic nitrogens is 1. The summed E-state index contributed by atoms with van der Waals surface area (Å²) in [5.41, 5.74) is 2.36. The molecular weight excluding hydrogens is 420 g/mol. The van der Waals surface area contributed by atoms with Gasteiger partial charge in [-0.2, -0.15) is 0 Å². The van der Waals surface area contributed by atoms with E-state index in [1.54, 1.807) is 6.08 Å². The van der Waals surface area contributed by atoms with Crippen molar-refractivity contribution in [2.45, 2.75) is 12.5 Å². The third kappa shape index (κ3) is 5.27. The maximum absolute atomic E-state index is 12.4. The van der Waals surface area contributed by atoms with Gasteiger partial charge in [-0.05, 0) is 35.9 Å². The van der Waals surface area contributed by atoms with Crippen LogP contribution < -0.4 is 5.32 Å². The maximum atomic E-state index is 12.4. The Kier molecular flexibility index (Phi) is 6.55. The second-order valence-corrected chi connectivity index (χ2v) is 7.07. The van der Waals surface area contributed by atoms with Crippen LogP contribution in [0.25, 0.3) is 17.0 Å². The molecule has 0 bridgehead atoms. The number of hydrogen-bond acceptors (Lipinski definition) is 4. The first-order valence-electron chi connectivity index (χ1n) is 8.72. The first kappa shape index (κ1) is 19.8. The normalized spacial score (nSPS) is 12.1. The SMILES string of the molecule is COC(=O)C[C@@H](NC(=O)/C=C/c1ccc2ccccc2n1)c1cccc(Br)c1. The average Bonchev–Trinajstić information content (AvgIpc) is 2.71. The summed E-state index contributed by atoms with van der Waals surface area (Å²) in [7, 11) is 1.33. The van der Waals surface area contributed by atoms with Crippen molar-refractivity contribution in [1.82, 2.24) is 10.3 Å². The number of methoxy groups -OCH3 is 1. The molecule has 1 heterocycles. The molecule has 5 nitrogen and oxygen atoms in total. The zero-order chi connectivity index (χ0) is 19.9. The standard InChI is InChI=1S/C22H19BrN2O3/c1-28-22(27)14-20(16-6-4-7-17(23)13-16)25-21(26)12-11-18-10-9-15-5-2-3-8-19(15)24-18/h2-13,20H,14H2,1H3,(H,25,26)/b12-11+/t20-/m1/s1. The molecule has 0 radical (unpaired) electrons. The van der Waals surface area contributed by atoms with E-state index >= 15 is 0 Å². The number of fused-ring (bicyclic) bond motifs is 1. The molecular formula is C22H19BrN2O3. The molecule has 0 unspecified atom stereocenters. The minimum atomic E-state index is -0.494. The summed E-state index contributed by atoms with van der Waals surface area (Å²) >= 11 is 3.41. The van der Waals surface area contributed by atoms with Crippen LogP contribution in [0.2, 0.25) is 0 Å². The summed E-state index contributed by atoms with van der Waals surface area (Å²) in [6.45, 7) is 0. The van der Waals surface area contributed by atoms with E-state index in [-0.39, 0.29) is 12.3 Å². The van der Waals surface area contributed by atoms with Gasteiger partial charge in [0.1, 0.15) is 0 Å². The van der Waals surface area contributed by atoms with Crippen molar-refractivity contribution >= 4 is 44.8 Å². The van der Waals surface area contributed by atoms with Crippen LogP contribution in [0.3, 0.4) is 0 Å². The van der Waals surface area contributed by atoms with Gasteiger partial charge in [0.05, 0.1) is 30.8 Å². The summed E-state index contributed by atoms with van der Waals surface area (Å²) < 4.78 is 5.62. The van der Waals surface area contributed by atoms with Gasteiger partial charge >= 0.3 is 5.97 Å². The highest BCUT2D eigenvalue weighted by Gasteiger charge is 2.18. The monoisotopic (exact) mass is 438 g/mol. The minimum absolute atomic E-state index is 0.0424. The lowest BCUT2D eigenvalue weighted by atomic mass is 10.0. The molecule has 0 saturated heterocycles. The third-order valence-electron chi connectivity index (χ3n) is 4.19. The van der Waals surface area contributed by atoms with E-state index in [1.165, 1.54) is 13.2 Å². The molecule has 3 rings (SSSR count). The van der Waals surface area contributed by atoms with Crippen molar-refractivity contribution in [3.63, 3.8) is 0 Å². The van der Waals surface area contributed by atoms with Gasteiger partial charge in [0.25, 0.3) is 0 Å². The molecule has 0 aliphatic heterocycles. The Balaban J connectivity index is 1.74. The number of ether oxygens (including phenoxy) is 1. The van der Waals surface area contributed by atoms with Gasteiger partial charge in [-0.3, -0.25) is 9.59 Å². The molecule has 1 atom stereocenters. The van der Waals surface area contributed by atoms with Crippen LogP contribution in [-0.2, 0) is 14.3 Å². The number of benzene rings is 2. The minimum Gasteiger partial charge on any atom is -0.469 e. The van der Waals surface area contributed by atoms with Gasteiger partial charge in [0.15, 0.2) is 0 Å². The van der Waals surface area contributed by atoms with Crippen LogP contribution in [0.4, 0.5) is 0 Å². The van der Waals surface area contributed by atoms with Crippen LogP contribution in [0.5, 0.6) is 0 Å². The molecule has 0 aliphatic carbocycles. The first-order chi connectivity index (χ1) is 13.5. The number of esters is 1. The number of nitrogens with zero attached hydrogens (tertiary/aromatic N) is 1. The highest BCUT2D eigenvalue weighted by molar-refractivity contribution is 9.10. The molecule has 28 heavy (non-hydrogen) atoms. The quantitative estimate of drug-likeness (QED) is 0.456. The summed E-state index contributed by atoms with van der Waals surface area (Å²) in [5, 5.41) is 3.90. The number of hydrogen-bond donors (Lipinski definition) is 1. The molecule has 2 aromatic carbocycles. The van der Waals surface area contributed by atoms with Crippen molar-refractivity contribution in [3.8, 4) is 0 Å². The first-order valence-corrected chi connectivity index (χ1v) is 9.51. The Labute approximate surface area is 171 Å². The molecule has 0 aliphatic rings. The zero-order valence-electron chi connectivity index (χ0n) is 15.3. The van der Waals surface area contributed by atoms with E-state index in [2.05, 4.69) is 26.2 Å². The fourth-order valence-electron chi connectivity index (χ4n) is 2.78. The van der Waals surface area contributed by atoms with Crippen LogP contribution in [-0.4, -0.2) is 24.0 Å². The van der Waals surface area contributed by atoms with Crippen LogP contribution in [0.1, 0.15) is 23.7 Å². The molecule has 1 N–H and O–H groups in total. The second kappa shape index (κ2) is 9.28. The number of amides is 1. The van der Waals surface area contributed by atoms with E-state index in [0.717, 1.165) is 20.9 Å². The van der Waals surface area contributed by atoms with Gasteiger partial charge < -0.3 is 10.1 Å². The lowest BCUT2D eigenvalue weighted by Crippen LogP contribution is -2.29. The van der Waals surface area contributed by atoms with Crippen molar-refractivity contribution in [3.05, 3.63) is 82.5 Å². The fourth-order valence-corrected chi connectivity index (χ4v) is 3.20. The van der Waals surface area contributed by atoms with Crippen LogP contribution >= 0.6 is 15.9 Å². The number of nitrogens with one attached hydrogen (secondary N) is 1. The van der Waals surface area contributed by atoms with Crippen LogP contribution in [0.15, 0.2) is 71.2 Å². The van der Waals surface area contributed by atoms with Crippen molar-refractivity contribution in [2.75, 3.05) is 7.11 Å². The predicted octanol–water partition coefficient (Wildman–Crippen LogP) is 4.43. The number of carbonyl (C=O) groups excluding carboxylic acids is 2. The van der Waals surface area contributed by atoms with Gasteiger partial charge in [0.2, 0.25) is 5.91 Å². The Bertz CT molecular complexity index is 1030. The lowest BCUT2D eigenvalue weighted by molar-refractivity contribution is -0.141. The second-order valence-electron chi connectivity index (χ2n) is 6.16. The summed E-state index contributed by atoms with van der Waals surface area (Å²) in [6, 6.07) is 18.6. The fraction of sp³-hybridized carbons (Fsp3) is 0.136. The maximum Gasteiger partial charge on any atom is 0.307 e. The molecule has 0 spiro atoms. The van der Waals surface area contributed by atoms with Crippen molar-refractivity contribution in [2.24, 2.45) is 0 Å². The van der Waals surface area contributed by atoms with E-state index < -0.39 is 12.0 Å². The lowest BCUT2D eigenvalue weighted by Gasteiger charge is -2.17. The Hall–Kier alpha value is -2.99. The van der Waals surface area contributed by atoms with Gasteiger partial charge in [-0.25, -0.2) is 4.98 Å². The van der Waals surface area contributed by atoms with E-state index in [9.17, 15) is 9.59 Å². The average molecular weight is 439 g/mol. The number of para-hydroxylation sites is 1. The molecule has 142 valence electrons. The van der Waals surface area contributed by atoms with Gasteiger partial charge in [-0.1, -0.05) is 52.3 Å². The molecule has 3 aromatic rings. The summed E-state index contributed by atoms with van der Waals surface area (Å²) in [4.78, 5) is 28.7. The molecule has 1 amide bonds. The topological polar surface area (TPSA) is 68.3 Å². The Morgan fingerprint density at radius 1 is 1.14 bits per heavy atom. The number of carbonyl (C=O) groups is 2. The van der Waals surface area contributed by atoms with Gasteiger partial charge in [-0.15, -0.1) is 0 Å². The molecule has 6 heteroatoms. The Morgan fingerprint density at radius 2 is 1.96 bits per heavy atom. The third-order valence-corrected chi connectivity index (χ3v) is 4.68. The number of rotatable bonds is 6. The van der Waals surface area contributed by atoms with E-state index in [1.807, 2.05) is 60.7 Å². The van der Waals surface area contributed by atoms with Crippen molar-refractivity contribution < 1.29 is 14.3 Å². The molecule has 1 aromatic heterocycles. The van der Waals surface area contributed by atoms with E-state index in [4.69, 9.17) is 4.74 Å². The number of halogens is 1. The Morgan fingerprint density at radius 3 is 2.75 bits per heavy atom. The van der Waals surface area contributed by atoms with Gasteiger partial charge in [0, 0.05) is 15.9 Å². The highest BCUT2D eigenvalue weighted by atomic mass is 79.9. The summed E-state index contributed by atoms with van der Waals surface area (Å²) in [5.74, 6) is -0.714. The van der Waals surface area contributed by atoms with E-state index in [0.29, 0.717) is 5.69 Å². The summed E-state index contributed by atoms with van der Waals surface area (Å²) in [6.07, 6.45) is 3.11. The van der Waals surface area contributed by atoms with Crippen molar-refractivity contribution in [1.29, 1.82) is 0 Å². The van der Waals surface area contributed by atoms with Crippen LogP contribution in [0, 0.1) is 0 Å². The smallest absolute Gasteiger partial charge is 0.307 e. The zero-order valence-corrected chi connectivity index (χ0v) is 16.8. The number of pyridine rings is 1. The highest BCUT2D eigenvalue weighted by Crippen LogP contribution is 2.21. The largest absolute Gasteiger partial charge is 0.469 e. The molecule has 0 fully saturated rings. The predicted molar refractivity (Wildman–Crippen MR) is 112 cm³/mol.